The lowest BCUT2D eigenvalue weighted by Gasteiger charge is -1.92. The quantitative estimate of drug-likeness (QED) is 0.603. The number of hydrogen-bond donors (Lipinski definition) is 0. The highest BCUT2D eigenvalue weighted by molar-refractivity contribution is 7.94. The van der Waals surface area contributed by atoms with Gasteiger partial charge in [-0.1, -0.05) is 19.4 Å². The highest BCUT2D eigenvalue weighted by Crippen LogP contribution is 2.04. The smallest absolute Gasteiger partial charge is 0.185 e. The Balaban J connectivity index is 4.60. The van der Waals surface area contributed by atoms with Crippen LogP contribution in [-0.2, 0) is 9.84 Å². The van der Waals surface area contributed by atoms with Crippen molar-refractivity contribution in [1.29, 1.82) is 5.26 Å². The largest absolute Gasteiger partial charge is 0.223 e. The van der Waals surface area contributed by atoms with Crippen molar-refractivity contribution in [2.24, 2.45) is 0 Å². The van der Waals surface area contributed by atoms with E-state index in [0.29, 0.717) is 6.42 Å². The van der Waals surface area contributed by atoms with Crippen molar-refractivity contribution >= 4 is 9.84 Å². The molecule has 0 aliphatic rings. The van der Waals surface area contributed by atoms with E-state index < -0.39 is 9.84 Å². The van der Waals surface area contributed by atoms with E-state index in [4.69, 9.17) is 5.26 Å². The number of rotatable bonds is 3. The number of nitriles is 1. The van der Waals surface area contributed by atoms with Crippen molar-refractivity contribution in [2.75, 3.05) is 6.26 Å². The molecule has 3 nitrogen and oxygen atoms in total. The number of sulfone groups is 1. The number of hydrogen-bond acceptors (Lipinski definition) is 3. The topological polar surface area (TPSA) is 57.9 Å². The van der Waals surface area contributed by atoms with E-state index in [1.54, 1.807) is 6.07 Å². The molecule has 62 valence electrons. The number of nitrogens with zero attached hydrogens (tertiary/aromatic N) is 1. The minimum atomic E-state index is -3.29. The fourth-order valence-electron chi connectivity index (χ4n) is 0.555. The van der Waals surface area contributed by atoms with Gasteiger partial charge < -0.3 is 0 Å². The van der Waals surface area contributed by atoms with Crippen LogP contribution in [0.2, 0.25) is 0 Å². The van der Waals surface area contributed by atoms with Gasteiger partial charge >= 0.3 is 0 Å². The maximum absolute atomic E-state index is 10.8. The van der Waals surface area contributed by atoms with E-state index in [0.717, 1.165) is 12.7 Å². The van der Waals surface area contributed by atoms with Crippen molar-refractivity contribution in [2.45, 2.75) is 19.8 Å². The van der Waals surface area contributed by atoms with Crippen molar-refractivity contribution in [1.82, 2.24) is 0 Å². The molecule has 0 heterocycles. The van der Waals surface area contributed by atoms with Gasteiger partial charge in [-0.05, 0) is 6.42 Å². The van der Waals surface area contributed by atoms with Gasteiger partial charge in [-0.25, -0.2) is 8.42 Å². The van der Waals surface area contributed by atoms with Crippen LogP contribution in [0.4, 0.5) is 0 Å². The van der Waals surface area contributed by atoms with Crippen LogP contribution in [-0.4, -0.2) is 14.7 Å². The first-order valence-electron chi connectivity index (χ1n) is 3.32. The Kier molecular flexibility index (Phi) is 3.83. The zero-order valence-corrected chi connectivity index (χ0v) is 7.48. The van der Waals surface area contributed by atoms with Gasteiger partial charge in [0, 0.05) is 6.26 Å². The van der Waals surface area contributed by atoms with Gasteiger partial charge in [0.25, 0.3) is 0 Å². The summed E-state index contributed by atoms with van der Waals surface area (Å²) in [5.41, 5.74) is 0. The summed E-state index contributed by atoms with van der Waals surface area (Å²) >= 11 is 0. The summed E-state index contributed by atoms with van der Waals surface area (Å²) in [6.07, 6.45) is 3.98. The molecular formula is C7H11NO2S. The van der Waals surface area contributed by atoms with E-state index >= 15 is 0 Å². The summed E-state index contributed by atoms with van der Waals surface area (Å²) in [5.74, 6) is 0. The summed E-state index contributed by atoms with van der Waals surface area (Å²) < 4.78 is 21.6. The first kappa shape index (κ1) is 10.2. The van der Waals surface area contributed by atoms with E-state index in [9.17, 15) is 8.42 Å². The fraction of sp³-hybridized carbons (Fsp3) is 0.571. The third-order valence-electron chi connectivity index (χ3n) is 1.13. The third-order valence-corrected chi connectivity index (χ3v) is 2.18. The second-order valence-corrected chi connectivity index (χ2v) is 4.23. The van der Waals surface area contributed by atoms with Gasteiger partial charge in [0.2, 0.25) is 0 Å². The molecule has 11 heavy (non-hydrogen) atoms. The molecule has 0 saturated heterocycles. The average Bonchev–Trinajstić information content (AvgIpc) is 1.87. The van der Waals surface area contributed by atoms with Gasteiger partial charge in [0.05, 0.1) is 0 Å². The molecule has 0 aromatic rings. The SMILES string of the molecule is CCC/C=C(/C#N)S(C)(=O)=O. The lowest BCUT2D eigenvalue weighted by atomic mass is 10.3. The van der Waals surface area contributed by atoms with Crippen LogP contribution in [0.3, 0.4) is 0 Å². The molecule has 0 atom stereocenters. The Morgan fingerprint density at radius 2 is 2.18 bits per heavy atom. The van der Waals surface area contributed by atoms with Crippen LogP contribution < -0.4 is 0 Å². The van der Waals surface area contributed by atoms with Crippen molar-refractivity contribution in [3.8, 4) is 6.07 Å². The van der Waals surface area contributed by atoms with Crippen LogP contribution in [0.1, 0.15) is 19.8 Å². The highest BCUT2D eigenvalue weighted by Gasteiger charge is 2.08. The Bertz CT molecular complexity index is 282. The molecule has 0 aliphatic carbocycles. The van der Waals surface area contributed by atoms with Gasteiger partial charge in [-0.3, -0.25) is 0 Å². The first-order valence-corrected chi connectivity index (χ1v) is 5.21. The molecule has 0 bridgehead atoms. The maximum Gasteiger partial charge on any atom is 0.185 e. The van der Waals surface area contributed by atoms with Crippen LogP contribution >= 0.6 is 0 Å². The first-order chi connectivity index (χ1) is 5.02. The number of allylic oxidation sites excluding steroid dienone is 2. The minimum absolute atomic E-state index is 0.126. The molecule has 0 aliphatic heterocycles. The fourth-order valence-corrected chi connectivity index (χ4v) is 1.14. The molecule has 4 heteroatoms. The van der Waals surface area contributed by atoms with E-state index in [1.165, 1.54) is 6.08 Å². The van der Waals surface area contributed by atoms with Crippen molar-refractivity contribution in [3.05, 3.63) is 11.0 Å². The van der Waals surface area contributed by atoms with Gasteiger partial charge in [0.15, 0.2) is 9.84 Å². The predicted molar refractivity (Wildman–Crippen MR) is 43.4 cm³/mol. The summed E-state index contributed by atoms with van der Waals surface area (Å²) in [4.78, 5) is -0.126. The Labute approximate surface area is 67.3 Å². The molecular weight excluding hydrogens is 162 g/mol. The lowest BCUT2D eigenvalue weighted by Crippen LogP contribution is -1.98. The van der Waals surface area contributed by atoms with Crippen LogP contribution in [0.5, 0.6) is 0 Å². The molecule has 0 aromatic carbocycles. The number of unbranched alkanes of at least 4 members (excludes halogenated alkanes) is 1. The van der Waals surface area contributed by atoms with E-state index in [-0.39, 0.29) is 4.91 Å². The monoisotopic (exact) mass is 173 g/mol. The highest BCUT2D eigenvalue weighted by atomic mass is 32.2. The van der Waals surface area contributed by atoms with Crippen LogP contribution in [0, 0.1) is 11.3 Å². The molecule has 0 spiro atoms. The predicted octanol–water partition coefficient (Wildman–Crippen LogP) is 1.24. The normalized spacial score (nSPS) is 12.6. The molecule has 0 aromatic heterocycles. The third kappa shape index (κ3) is 3.79. The molecule has 0 unspecified atom stereocenters. The standard InChI is InChI=1S/C7H11NO2S/c1-3-4-5-7(6-8)11(2,9)10/h5H,3-4H2,1-2H3/b7-5-. The summed E-state index contributed by atoms with van der Waals surface area (Å²) in [6.45, 7) is 1.92. The molecule has 0 amide bonds. The van der Waals surface area contributed by atoms with E-state index in [2.05, 4.69) is 0 Å². The summed E-state index contributed by atoms with van der Waals surface area (Å²) in [5, 5.41) is 8.39. The Morgan fingerprint density at radius 1 is 1.64 bits per heavy atom. The van der Waals surface area contributed by atoms with Gasteiger partial charge in [-0.15, -0.1) is 0 Å². The molecule has 0 rings (SSSR count). The Hall–Kier alpha value is -0.820. The Morgan fingerprint density at radius 3 is 2.45 bits per heavy atom. The summed E-state index contributed by atoms with van der Waals surface area (Å²) in [7, 11) is -3.29. The molecule has 0 radical (unpaired) electrons. The average molecular weight is 173 g/mol. The second kappa shape index (κ2) is 4.14. The zero-order valence-electron chi connectivity index (χ0n) is 6.66. The second-order valence-electron chi connectivity index (χ2n) is 2.24. The van der Waals surface area contributed by atoms with Gasteiger partial charge in [0.1, 0.15) is 11.0 Å². The van der Waals surface area contributed by atoms with Crippen LogP contribution in [0.25, 0.3) is 0 Å². The van der Waals surface area contributed by atoms with E-state index in [1.807, 2.05) is 6.92 Å². The van der Waals surface area contributed by atoms with Crippen molar-refractivity contribution in [3.63, 3.8) is 0 Å². The molecule has 0 fully saturated rings. The van der Waals surface area contributed by atoms with Gasteiger partial charge in [-0.2, -0.15) is 5.26 Å². The summed E-state index contributed by atoms with van der Waals surface area (Å²) in [6, 6.07) is 1.65. The van der Waals surface area contributed by atoms with Crippen LogP contribution in [0.15, 0.2) is 11.0 Å². The zero-order chi connectivity index (χ0) is 8.91. The molecule has 0 N–H and O–H groups in total. The lowest BCUT2D eigenvalue weighted by molar-refractivity contribution is 0.608. The molecule has 0 saturated carbocycles. The minimum Gasteiger partial charge on any atom is -0.223 e. The maximum atomic E-state index is 10.8. The van der Waals surface area contributed by atoms with Crippen molar-refractivity contribution < 1.29 is 8.42 Å².